The summed E-state index contributed by atoms with van der Waals surface area (Å²) in [6.45, 7) is 11.0. The van der Waals surface area contributed by atoms with Crippen molar-refractivity contribution in [1.82, 2.24) is 10.2 Å². The summed E-state index contributed by atoms with van der Waals surface area (Å²) in [5, 5.41) is 2.84. The van der Waals surface area contributed by atoms with Crippen LogP contribution in [0.15, 0.2) is 54.6 Å². The zero-order valence-electron chi connectivity index (χ0n) is 18.8. The predicted octanol–water partition coefficient (Wildman–Crippen LogP) is 4.31. The third-order valence-corrected chi connectivity index (χ3v) is 5.02. The molecule has 1 N–H and O–H groups in total. The number of nitrogens with zero attached hydrogens (tertiary/aromatic N) is 1. The lowest BCUT2D eigenvalue weighted by Crippen LogP contribution is -2.50. The van der Waals surface area contributed by atoms with Crippen molar-refractivity contribution in [2.75, 3.05) is 13.2 Å². The van der Waals surface area contributed by atoms with Crippen molar-refractivity contribution in [1.29, 1.82) is 0 Å². The number of carbonyl (C=O) groups is 2. The van der Waals surface area contributed by atoms with Gasteiger partial charge in [-0.1, -0.05) is 70.2 Å². The van der Waals surface area contributed by atoms with Crippen molar-refractivity contribution >= 4 is 11.8 Å². The van der Waals surface area contributed by atoms with Crippen LogP contribution >= 0.6 is 0 Å². The van der Waals surface area contributed by atoms with Gasteiger partial charge in [0.15, 0.2) is 6.61 Å². The summed E-state index contributed by atoms with van der Waals surface area (Å²) in [5.41, 5.74) is 2.24. The van der Waals surface area contributed by atoms with Gasteiger partial charge in [0.2, 0.25) is 5.91 Å². The Hall–Kier alpha value is -2.82. The van der Waals surface area contributed by atoms with E-state index in [2.05, 4.69) is 26.1 Å². The Kier molecular flexibility index (Phi) is 8.46. The summed E-state index contributed by atoms with van der Waals surface area (Å²) in [4.78, 5) is 27.3. The van der Waals surface area contributed by atoms with Crippen LogP contribution in [0, 0.1) is 0 Å². The largest absolute Gasteiger partial charge is 0.484 e. The molecule has 0 aliphatic rings. The fraction of sp³-hybridized carbons (Fsp3) is 0.440. The van der Waals surface area contributed by atoms with E-state index in [1.165, 1.54) is 5.56 Å². The van der Waals surface area contributed by atoms with Gasteiger partial charge >= 0.3 is 0 Å². The molecule has 5 nitrogen and oxygen atoms in total. The van der Waals surface area contributed by atoms with Crippen LogP contribution in [-0.4, -0.2) is 35.9 Å². The third-order valence-electron chi connectivity index (χ3n) is 5.02. The zero-order valence-corrected chi connectivity index (χ0v) is 18.8. The first-order chi connectivity index (χ1) is 14.3. The van der Waals surface area contributed by atoms with Gasteiger partial charge in [0.1, 0.15) is 11.8 Å². The number of rotatable bonds is 9. The van der Waals surface area contributed by atoms with Gasteiger partial charge in [0, 0.05) is 13.1 Å². The molecule has 0 aromatic heterocycles. The van der Waals surface area contributed by atoms with Gasteiger partial charge in [-0.3, -0.25) is 9.59 Å². The SMILES string of the molecule is CCNC(=O)[C@H](CC)N(Cc1ccccc1)C(=O)COc1ccc(C(C)(C)C)cc1. The van der Waals surface area contributed by atoms with Gasteiger partial charge < -0.3 is 15.0 Å². The Labute approximate surface area is 180 Å². The summed E-state index contributed by atoms with van der Waals surface area (Å²) in [5.74, 6) is 0.290. The topological polar surface area (TPSA) is 58.6 Å². The number of hydrogen-bond donors (Lipinski definition) is 1. The minimum absolute atomic E-state index is 0.0574. The number of likely N-dealkylation sites (N-methyl/N-ethyl adjacent to an activating group) is 1. The quantitative estimate of drug-likeness (QED) is 0.670. The van der Waals surface area contributed by atoms with Crippen LogP contribution in [0.25, 0.3) is 0 Å². The zero-order chi connectivity index (χ0) is 22.1. The van der Waals surface area contributed by atoms with Gasteiger partial charge in [0.05, 0.1) is 0 Å². The van der Waals surface area contributed by atoms with E-state index in [1.54, 1.807) is 4.90 Å². The maximum Gasteiger partial charge on any atom is 0.261 e. The molecule has 0 saturated carbocycles. The maximum atomic E-state index is 13.1. The number of hydrogen-bond acceptors (Lipinski definition) is 3. The summed E-state index contributed by atoms with van der Waals surface area (Å²) < 4.78 is 5.77. The fourth-order valence-corrected chi connectivity index (χ4v) is 3.27. The van der Waals surface area contributed by atoms with Crippen LogP contribution < -0.4 is 10.1 Å². The molecule has 0 unspecified atom stereocenters. The minimum Gasteiger partial charge on any atom is -0.484 e. The Morgan fingerprint density at radius 1 is 1.00 bits per heavy atom. The molecule has 30 heavy (non-hydrogen) atoms. The van der Waals surface area contributed by atoms with Gasteiger partial charge in [-0.05, 0) is 42.0 Å². The van der Waals surface area contributed by atoms with E-state index >= 15 is 0 Å². The van der Waals surface area contributed by atoms with Crippen molar-refractivity contribution in [3.05, 3.63) is 65.7 Å². The highest BCUT2D eigenvalue weighted by molar-refractivity contribution is 5.88. The smallest absolute Gasteiger partial charge is 0.261 e. The van der Waals surface area contributed by atoms with Gasteiger partial charge in [0.25, 0.3) is 5.91 Å². The van der Waals surface area contributed by atoms with Crippen molar-refractivity contribution < 1.29 is 14.3 Å². The van der Waals surface area contributed by atoms with E-state index in [0.29, 0.717) is 25.3 Å². The highest BCUT2D eigenvalue weighted by Gasteiger charge is 2.28. The lowest BCUT2D eigenvalue weighted by molar-refractivity contribution is -0.142. The van der Waals surface area contributed by atoms with Gasteiger partial charge in [-0.15, -0.1) is 0 Å². The molecule has 162 valence electrons. The predicted molar refractivity (Wildman–Crippen MR) is 120 cm³/mol. The van der Waals surface area contributed by atoms with E-state index in [-0.39, 0.29) is 23.8 Å². The molecule has 1 atom stereocenters. The maximum absolute atomic E-state index is 13.1. The Morgan fingerprint density at radius 2 is 1.63 bits per heavy atom. The minimum atomic E-state index is -0.537. The monoisotopic (exact) mass is 410 g/mol. The molecule has 0 saturated heterocycles. The first-order valence-electron chi connectivity index (χ1n) is 10.6. The first kappa shape index (κ1) is 23.5. The molecular weight excluding hydrogens is 376 g/mol. The Bertz CT molecular complexity index is 811. The summed E-state index contributed by atoms with van der Waals surface area (Å²) >= 11 is 0. The molecule has 2 rings (SSSR count). The third kappa shape index (κ3) is 6.61. The molecular formula is C25H34N2O3. The highest BCUT2D eigenvalue weighted by Crippen LogP contribution is 2.24. The van der Waals surface area contributed by atoms with Crippen LogP contribution in [0.2, 0.25) is 0 Å². The average Bonchev–Trinajstić information content (AvgIpc) is 2.72. The van der Waals surface area contributed by atoms with Crippen molar-refractivity contribution in [2.45, 2.75) is 59.0 Å². The van der Waals surface area contributed by atoms with E-state index < -0.39 is 6.04 Å². The number of carbonyl (C=O) groups excluding carboxylic acids is 2. The van der Waals surface area contributed by atoms with Crippen molar-refractivity contribution in [2.24, 2.45) is 0 Å². The van der Waals surface area contributed by atoms with Crippen molar-refractivity contribution in [3.63, 3.8) is 0 Å². The normalized spacial score (nSPS) is 12.2. The summed E-state index contributed by atoms with van der Waals surface area (Å²) in [7, 11) is 0. The number of amides is 2. The van der Waals surface area contributed by atoms with E-state index in [9.17, 15) is 9.59 Å². The summed E-state index contributed by atoms with van der Waals surface area (Å²) in [6.07, 6.45) is 0.532. The second-order valence-corrected chi connectivity index (χ2v) is 8.39. The van der Waals surface area contributed by atoms with Crippen molar-refractivity contribution in [3.8, 4) is 5.75 Å². The lowest BCUT2D eigenvalue weighted by atomic mass is 9.87. The van der Waals surface area contributed by atoms with E-state index in [0.717, 1.165) is 5.56 Å². The molecule has 0 heterocycles. The molecule has 0 aliphatic heterocycles. The van der Waals surface area contributed by atoms with Gasteiger partial charge in [-0.25, -0.2) is 0 Å². The first-order valence-corrected chi connectivity index (χ1v) is 10.6. The molecule has 0 spiro atoms. The summed E-state index contributed by atoms with van der Waals surface area (Å²) in [6, 6.07) is 17.0. The molecule has 0 radical (unpaired) electrons. The fourth-order valence-electron chi connectivity index (χ4n) is 3.27. The lowest BCUT2D eigenvalue weighted by Gasteiger charge is -2.30. The van der Waals surface area contributed by atoms with Gasteiger partial charge in [-0.2, -0.15) is 0 Å². The second kappa shape index (κ2) is 10.8. The molecule has 2 amide bonds. The van der Waals surface area contributed by atoms with Crippen LogP contribution in [0.1, 0.15) is 52.2 Å². The molecule has 2 aromatic rings. The van der Waals surface area contributed by atoms with Crippen LogP contribution in [-0.2, 0) is 21.5 Å². The van der Waals surface area contributed by atoms with Crippen LogP contribution in [0.3, 0.4) is 0 Å². The van der Waals surface area contributed by atoms with Crippen LogP contribution in [0.5, 0.6) is 5.75 Å². The number of nitrogens with one attached hydrogen (secondary N) is 1. The van der Waals surface area contributed by atoms with E-state index in [4.69, 9.17) is 4.74 Å². The highest BCUT2D eigenvalue weighted by atomic mass is 16.5. The number of benzene rings is 2. The molecule has 5 heteroatoms. The average molecular weight is 411 g/mol. The standard InChI is InChI=1S/C25H34N2O3/c1-6-22(24(29)26-7-2)27(17-19-11-9-8-10-12-19)23(28)18-30-21-15-13-20(14-16-21)25(3,4)5/h8-16,22H,6-7,17-18H2,1-5H3,(H,26,29)/t22-/m0/s1. The molecule has 0 fully saturated rings. The Morgan fingerprint density at radius 3 is 2.17 bits per heavy atom. The molecule has 2 aromatic carbocycles. The molecule has 0 bridgehead atoms. The molecule has 0 aliphatic carbocycles. The van der Waals surface area contributed by atoms with E-state index in [1.807, 2.05) is 68.4 Å². The number of ether oxygens (including phenoxy) is 1. The second-order valence-electron chi connectivity index (χ2n) is 8.39. The van der Waals surface area contributed by atoms with Crippen LogP contribution in [0.4, 0.5) is 0 Å². The Balaban J connectivity index is 2.14.